The number of carbonyl (C=O) groups excluding carboxylic acids is 1. The molecule has 0 bridgehead atoms. The predicted molar refractivity (Wildman–Crippen MR) is 127 cm³/mol. The number of hydrogen-bond donors (Lipinski definition) is 2. The smallest absolute Gasteiger partial charge is 0.334 e. The summed E-state index contributed by atoms with van der Waals surface area (Å²) in [4.78, 5) is 12.2. The largest absolute Gasteiger partial charge is 0.459 e. The SMILES string of the molecule is CC(C)=C1CC(C[C@@H](C)[C@H]2CCC3/C(=C/C=C4C[C@@H](O)C[C@H](O)C4)CCC[C@@]32C)OC1=O. The molecule has 1 aliphatic heterocycles. The van der Waals surface area contributed by atoms with Crippen molar-refractivity contribution in [3.05, 3.63) is 34.4 Å². The van der Waals surface area contributed by atoms with E-state index >= 15 is 0 Å². The minimum absolute atomic E-state index is 0.0394. The van der Waals surface area contributed by atoms with Crippen LogP contribution in [0.15, 0.2) is 34.4 Å². The Morgan fingerprint density at radius 2 is 1.88 bits per heavy atom. The van der Waals surface area contributed by atoms with Gasteiger partial charge in [0.25, 0.3) is 0 Å². The van der Waals surface area contributed by atoms with Crippen LogP contribution >= 0.6 is 0 Å². The topological polar surface area (TPSA) is 66.8 Å². The van der Waals surface area contributed by atoms with E-state index < -0.39 is 12.2 Å². The van der Waals surface area contributed by atoms with E-state index in [2.05, 4.69) is 26.0 Å². The van der Waals surface area contributed by atoms with Crippen LogP contribution in [-0.2, 0) is 9.53 Å². The lowest BCUT2D eigenvalue weighted by molar-refractivity contribution is -0.139. The summed E-state index contributed by atoms with van der Waals surface area (Å²) in [6, 6.07) is 0. The normalized spacial score (nSPS) is 39.8. The first-order chi connectivity index (χ1) is 15.2. The fourth-order valence-corrected chi connectivity index (χ4v) is 7.44. The average Bonchev–Trinajstić information content (AvgIpc) is 3.25. The van der Waals surface area contributed by atoms with E-state index in [1.807, 2.05) is 13.8 Å². The van der Waals surface area contributed by atoms with Gasteiger partial charge in [0, 0.05) is 12.0 Å². The first-order valence-electron chi connectivity index (χ1n) is 12.8. The molecule has 0 aromatic rings. The molecule has 4 fully saturated rings. The maximum atomic E-state index is 12.2. The van der Waals surface area contributed by atoms with Crippen molar-refractivity contribution in [1.29, 1.82) is 0 Å². The number of aliphatic hydroxyl groups is 2. The highest BCUT2D eigenvalue weighted by Gasteiger charge is 2.51. The van der Waals surface area contributed by atoms with Crippen LogP contribution in [0.3, 0.4) is 0 Å². The van der Waals surface area contributed by atoms with E-state index in [1.54, 1.807) is 5.57 Å². The molecule has 178 valence electrons. The third-order valence-corrected chi connectivity index (χ3v) is 8.99. The number of ether oxygens (including phenoxy) is 1. The molecule has 4 aliphatic rings. The number of carbonyl (C=O) groups is 1. The molecule has 0 aromatic heterocycles. The molecule has 1 saturated heterocycles. The van der Waals surface area contributed by atoms with E-state index in [0.29, 0.717) is 42.4 Å². The molecule has 2 unspecified atom stereocenters. The molecule has 3 saturated carbocycles. The van der Waals surface area contributed by atoms with E-state index in [9.17, 15) is 15.0 Å². The van der Waals surface area contributed by atoms with Gasteiger partial charge >= 0.3 is 5.97 Å². The first-order valence-corrected chi connectivity index (χ1v) is 12.8. The van der Waals surface area contributed by atoms with Crippen molar-refractivity contribution in [2.45, 2.75) is 110 Å². The summed E-state index contributed by atoms with van der Waals surface area (Å²) >= 11 is 0. The Morgan fingerprint density at radius 3 is 2.53 bits per heavy atom. The van der Waals surface area contributed by atoms with Gasteiger partial charge in [-0.3, -0.25) is 0 Å². The van der Waals surface area contributed by atoms with Crippen LogP contribution in [0.25, 0.3) is 0 Å². The highest BCUT2D eigenvalue weighted by Crippen LogP contribution is 2.60. The maximum absolute atomic E-state index is 12.2. The van der Waals surface area contributed by atoms with Crippen molar-refractivity contribution in [2.75, 3.05) is 0 Å². The molecule has 7 atom stereocenters. The molecule has 32 heavy (non-hydrogen) atoms. The number of hydrogen-bond acceptors (Lipinski definition) is 4. The summed E-state index contributed by atoms with van der Waals surface area (Å²) in [5.41, 5.74) is 5.03. The fraction of sp³-hybridized carbons (Fsp3) is 0.750. The van der Waals surface area contributed by atoms with Gasteiger partial charge in [0.15, 0.2) is 0 Å². The van der Waals surface area contributed by atoms with Gasteiger partial charge in [0.05, 0.1) is 12.2 Å². The van der Waals surface area contributed by atoms with Crippen LogP contribution in [0.4, 0.5) is 0 Å². The summed E-state index contributed by atoms with van der Waals surface area (Å²) in [5.74, 6) is 1.72. The third kappa shape index (κ3) is 4.77. The van der Waals surface area contributed by atoms with Crippen molar-refractivity contribution < 1.29 is 19.7 Å². The van der Waals surface area contributed by atoms with Gasteiger partial charge in [-0.25, -0.2) is 4.79 Å². The van der Waals surface area contributed by atoms with Crippen LogP contribution < -0.4 is 0 Å². The Kier molecular flexibility index (Phi) is 7.03. The van der Waals surface area contributed by atoms with Gasteiger partial charge in [-0.05, 0) is 94.8 Å². The summed E-state index contributed by atoms with van der Waals surface area (Å²) in [5, 5.41) is 20.0. The third-order valence-electron chi connectivity index (χ3n) is 8.99. The number of rotatable bonds is 4. The second-order valence-corrected chi connectivity index (χ2v) is 11.5. The Labute approximate surface area is 193 Å². The fourth-order valence-electron chi connectivity index (χ4n) is 7.44. The van der Waals surface area contributed by atoms with Gasteiger partial charge in [0.1, 0.15) is 6.10 Å². The zero-order valence-electron chi connectivity index (χ0n) is 20.4. The van der Waals surface area contributed by atoms with E-state index in [0.717, 1.165) is 24.0 Å². The molecule has 0 amide bonds. The lowest BCUT2D eigenvalue weighted by Crippen LogP contribution is -2.36. The van der Waals surface area contributed by atoms with Crippen molar-refractivity contribution in [2.24, 2.45) is 23.2 Å². The number of allylic oxidation sites excluding steroid dienone is 4. The zero-order chi connectivity index (χ0) is 23.0. The highest BCUT2D eigenvalue weighted by molar-refractivity contribution is 5.91. The van der Waals surface area contributed by atoms with Crippen LogP contribution in [0.5, 0.6) is 0 Å². The van der Waals surface area contributed by atoms with E-state index in [-0.39, 0.29) is 12.1 Å². The van der Waals surface area contributed by atoms with Gasteiger partial charge in [0.2, 0.25) is 0 Å². The lowest BCUT2D eigenvalue weighted by Gasteiger charge is -2.44. The second kappa shape index (κ2) is 9.46. The van der Waals surface area contributed by atoms with Crippen molar-refractivity contribution in [3.8, 4) is 0 Å². The number of aliphatic hydroxyl groups excluding tert-OH is 2. The summed E-state index contributed by atoms with van der Waals surface area (Å²) in [6.07, 6.45) is 13.5. The molecular formula is C28H42O4. The summed E-state index contributed by atoms with van der Waals surface area (Å²) in [7, 11) is 0. The van der Waals surface area contributed by atoms with Gasteiger partial charge in [-0.2, -0.15) is 0 Å². The molecule has 4 nitrogen and oxygen atoms in total. The van der Waals surface area contributed by atoms with Crippen LogP contribution in [0, 0.1) is 23.2 Å². The minimum atomic E-state index is -0.409. The molecule has 4 rings (SSSR count). The molecule has 0 radical (unpaired) electrons. The molecule has 3 aliphatic carbocycles. The van der Waals surface area contributed by atoms with Gasteiger partial charge < -0.3 is 14.9 Å². The lowest BCUT2D eigenvalue weighted by atomic mass is 9.60. The molecule has 4 heteroatoms. The molecule has 1 heterocycles. The van der Waals surface area contributed by atoms with E-state index in [1.165, 1.54) is 37.7 Å². The summed E-state index contributed by atoms with van der Waals surface area (Å²) < 4.78 is 5.72. The Morgan fingerprint density at radius 1 is 1.16 bits per heavy atom. The van der Waals surface area contributed by atoms with Gasteiger partial charge in [-0.1, -0.05) is 42.7 Å². The second-order valence-electron chi connectivity index (χ2n) is 11.5. The summed E-state index contributed by atoms with van der Waals surface area (Å²) in [6.45, 7) is 8.88. The Balaban J connectivity index is 1.44. The van der Waals surface area contributed by atoms with Gasteiger partial charge in [-0.15, -0.1) is 0 Å². The van der Waals surface area contributed by atoms with Crippen molar-refractivity contribution in [1.82, 2.24) is 0 Å². The molecule has 0 aromatic carbocycles. The predicted octanol–water partition coefficient (Wildman–Crippen LogP) is 5.64. The Hall–Kier alpha value is -1.39. The quantitative estimate of drug-likeness (QED) is 0.437. The van der Waals surface area contributed by atoms with Crippen LogP contribution in [0.1, 0.15) is 91.9 Å². The number of fused-ring (bicyclic) bond motifs is 1. The van der Waals surface area contributed by atoms with Crippen molar-refractivity contribution in [3.63, 3.8) is 0 Å². The first kappa shape index (κ1) is 23.8. The molecule has 0 spiro atoms. The maximum Gasteiger partial charge on any atom is 0.334 e. The Bertz CT molecular complexity index is 805. The highest BCUT2D eigenvalue weighted by atomic mass is 16.5. The van der Waals surface area contributed by atoms with Crippen LogP contribution in [0.2, 0.25) is 0 Å². The number of esters is 1. The number of cyclic esters (lactones) is 1. The van der Waals surface area contributed by atoms with Crippen molar-refractivity contribution >= 4 is 5.97 Å². The average molecular weight is 443 g/mol. The van der Waals surface area contributed by atoms with E-state index in [4.69, 9.17) is 4.74 Å². The van der Waals surface area contributed by atoms with Crippen LogP contribution in [-0.4, -0.2) is 34.5 Å². The minimum Gasteiger partial charge on any atom is -0.459 e. The molecule has 2 N–H and O–H groups in total. The monoisotopic (exact) mass is 442 g/mol. The molecular weight excluding hydrogens is 400 g/mol. The standard InChI is InChI=1S/C28H42O4/c1-17(2)24-16-23(32-27(24)31)12-18(3)25-9-10-26-20(6-5-11-28(25,26)4)8-7-19-13-21(29)15-22(30)14-19/h7-8,18,21-23,25-26,29-30H,5-6,9-16H2,1-4H3/b20-8+/t18-,21-,22-,23?,25-,26?,28-/m1/s1. The zero-order valence-corrected chi connectivity index (χ0v) is 20.4.